The van der Waals surface area contributed by atoms with E-state index in [0.717, 1.165) is 30.7 Å². The normalized spacial score (nSPS) is 17.5. The topological polar surface area (TPSA) is 82.5 Å². The molecule has 2 aliphatic heterocycles. The van der Waals surface area contributed by atoms with Crippen LogP contribution in [0.1, 0.15) is 63.9 Å². The maximum Gasteiger partial charge on any atom is 0.338 e. The van der Waals surface area contributed by atoms with E-state index in [1.54, 1.807) is 6.92 Å². The van der Waals surface area contributed by atoms with Crippen molar-refractivity contribution < 1.29 is 23.5 Å². The molecule has 0 atom stereocenters. The van der Waals surface area contributed by atoms with E-state index in [9.17, 15) is 14.0 Å². The van der Waals surface area contributed by atoms with Gasteiger partial charge in [0, 0.05) is 32.7 Å². The minimum atomic E-state index is -0.462. The maximum absolute atomic E-state index is 13.3. The van der Waals surface area contributed by atoms with Crippen LogP contribution < -0.4 is 5.32 Å². The van der Waals surface area contributed by atoms with E-state index in [0.29, 0.717) is 55.8 Å². The van der Waals surface area contributed by atoms with Gasteiger partial charge in [0.05, 0.1) is 29.1 Å². The second kappa shape index (κ2) is 9.40. The Bertz CT molecular complexity index is 1010. The van der Waals surface area contributed by atoms with Gasteiger partial charge < -0.3 is 14.8 Å². The Labute approximate surface area is 187 Å². The predicted molar refractivity (Wildman–Crippen MR) is 116 cm³/mol. The highest BCUT2D eigenvalue weighted by Gasteiger charge is 2.39. The number of ether oxygens (including phenoxy) is 2. The fourth-order valence-corrected chi connectivity index (χ4v) is 4.67. The third-order valence-electron chi connectivity index (χ3n) is 6.57. The lowest BCUT2D eigenvalue weighted by Crippen LogP contribution is -2.40. The lowest BCUT2D eigenvalue weighted by atomic mass is 9.76. The van der Waals surface area contributed by atoms with Crippen molar-refractivity contribution >= 4 is 11.9 Å². The number of rotatable bonds is 6. The minimum Gasteiger partial charge on any atom is -0.462 e. The average molecular weight is 444 g/mol. The summed E-state index contributed by atoms with van der Waals surface area (Å²) >= 11 is 0. The summed E-state index contributed by atoms with van der Waals surface area (Å²) in [7, 11) is 0. The molecule has 3 heterocycles. The monoisotopic (exact) mass is 443 g/mol. The molecule has 0 saturated carbocycles. The van der Waals surface area contributed by atoms with E-state index < -0.39 is 5.97 Å². The first-order valence-corrected chi connectivity index (χ1v) is 11.3. The van der Waals surface area contributed by atoms with Crippen molar-refractivity contribution in [3.05, 3.63) is 52.1 Å². The van der Waals surface area contributed by atoms with Gasteiger partial charge in [-0.15, -0.1) is 0 Å². The average Bonchev–Trinajstić information content (AvgIpc) is 3.05. The Morgan fingerprint density at radius 1 is 1.34 bits per heavy atom. The van der Waals surface area contributed by atoms with Gasteiger partial charge in [-0.25, -0.2) is 9.18 Å². The zero-order valence-corrected chi connectivity index (χ0v) is 18.7. The van der Waals surface area contributed by atoms with Gasteiger partial charge in [0.2, 0.25) is 0 Å². The van der Waals surface area contributed by atoms with E-state index in [1.807, 2.05) is 11.6 Å². The third-order valence-corrected chi connectivity index (χ3v) is 6.57. The van der Waals surface area contributed by atoms with Crippen molar-refractivity contribution in [3.63, 3.8) is 0 Å². The first kappa shape index (κ1) is 22.5. The number of benzene rings is 1. The van der Waals surface area contributed by atoms with Gasteiger partial charge in [0.15, 0.2) is 0 Å². The molecule has 0 unspecified atom stereocenters. The largest absolute Gasteiger partial charge is 0.462 e. The van der Waals surface area contributed by atoms with Gasteiger partial charge in [-0.1, -0.05) is 6.92 Å². The van der Waals surface area contributed by atoms with Gasteiger partial charge >= 0.3 is 5.97 Å². The number of halogens is 1. The van der Waals surface area contributed by atoms with Crippen LogP contribution in [0.15, 0.2) is 18.2 Å². The van der Waals surface area contributed by atoms with Crippen molar-refractivity contribution in [3.8, 4) is 0 Å². The molecule has 8 heteroatoms. The second-order valence-electron chi connectivity index (χ2n) is 8.77. The molecule has 172 valence electrons. The molecule has 0 radical (unpaired) electrons. The fourth-order valence-electron chi connectivity index (χ4n) is 4.67. The van der Waals surface area contributed by atoms with Crippen molar-refractivity contribution in [1.82, 2.24) is 15.1 Å². The molecule has 32 heavy (non-hydrogen) atoms. The molecule has 2 aliphatic rings. The summed E-state index contributed by atoms with van der Waals surface area (Å²) in [5.74, 6) is -0.891. The van der Waals surface area contributed by atoms with E-state index in [4.69, 9.17) is 14.6 Å². The van der Waals surface area contributed by atoms with Gasteiger partial charge in [0.25, 0.3) is 5.91 Å². The molecule has 0 bridgehead atoms. The molecule has 2 aromatic rings. The van der Waals surface area contributed by atoms with Crippen LogP contribution in [0.25, 0.3) is 0 Å². The number of carbonyl (C=O) groups excluding carboxylic acids is 2. The standard InChI is InChI=1S/C24H30FN3O4/c1-3-19-21-20(14-24(15-26-22(21)29)7-11-31-12-8-24)28(27-19)9-4-10-32-23(30)18-6-5-17(25)13-16(18)2/h5-6,13H,3-4,7-12,14-15H2,1-2H3,(H,26,29). The molecule has 1 amide bonds. The van der Waals surface area contributed by atoms with Gasteiger partial charge in [0.1, 0.15) is 5.82 Å². The molecule has 1 fully saturated rings. The Balaban J connectivity index is 1.45. The summed E-state index contributed by atoms with van der Waals surface area (Å²) in [5, 5.41) is 7.84. The first-order valence-electron chi connectivity index (χ1n) is 11.3. The zero-order valence-electron chi connectivity index (χ0n) is 18.7. The predicted octanol–water partition coefficient (Wildman–Crippen LogP) is 3.22. The molecule has 1 aromatic heterocycles. The van der Waals surface area contributed by atoms with Gasteiger partial charge in [-0.3, -0.25) is 9.48 Å². The molecular formula is C24H30FN3O4. The van der Waals surface area contributed by atoms with Crippen LogP contribution in [0.2, 0.25) is 0 Å². The number of aryl methyl sites for hydroxylation is 3. The zero-order chi connectivity index (χ0) is 22.7. The van der Waals surface area contributed by atoms with E-state index in [2.05, 4.69) is 5.32 Å². The molecule has 0 aliphatic carbocycles. The molecule has 1 N–H and O–H groups in total. The van der Waals surface area contributed by atoms with E-state index in [-0.39, 0.29) is 23.7 Å². The highest BCUT2D eigenvalue weighted by molar-refractivity contribution is 5.97. The number of hydrogen-bond donors (Lipinski definition) is 1. The Morgan fingerprint density at radius 3 is 2.84 bits per heavy atom. The van der Waals surface area contributed by atoms with Crippen molar-refractivity contribution in [2.24, 2.45) is 5.41 Å². The highest BCUT2D eigenvalue weighted by Crippen LogP contribution is 2.37. The minimum absolute atomic E-state index is 0.00543. The first-order chi connectivity index (χ1) is 15.4. The summed E-state index contributed by atoms with van der Waals surface area (Å²) in [5.41, 5.74) is 3.39. The summed E-state index contributed by atoms with van der Waals surface area (Å²) in [4.78, 5) is 25.2. The van der Waals surface area contributed by atoms with Crippen LogP contribution in [-0.4, -0.2) is 48.0 Å². The number of fused-ring (bicyclic) bond motifs is 1. The number of hydrogen-bond acceptors (Lipinski definition) is 5. The molecule has 7 nitrogen and oxygen atoms in total. The molecule has 1 saturated heterocycles. The summed E-state index contributed by atoms with van der Waals surface area (Å²) in [6.45, 7) is 6.53. The number of nitrogens with zero attached hydrogens (tertiary/aromatic N) is 2. The van der Waals surface area contributed by atoms with Crippen LogP contribution >= 0.6 is 0 Å². The summed E-state index contributed by atoms with van der Waals surface area (Å²) in [6, 6.07) is 4.02. The van der Waals surface area contributed by atoms with Crippen molar-refractivity contribution in [1.29, 1.82) is 0 Å². The van der Waals surface area contributed by atoms with Gasteiger partial charge in [-0.05, 0) is 61.8 Å². The van der Waals surface area contributed by atoms with E-state index >= 15 is 0 Å². The van der Waals surface area contributed by atoms with Crippen LogP contribution in [0.3, 0.4) is 0 Å². The number of esters is 1. The smallest absolute Gasteiger partial charge is 0.338 e. The molecular weight excluding hydrogens is 413 g/mol. The fraction of sp³-hybridized carbons (Fsp3) is 0.542. The lowest BCUT2D eigenvalue weighted by molar-refractivity contribution is 0.0152. The number of aromatic nitrogens is 2. The number of amides is 1. The second-order valence-corrected chi connectivity index (χ2v) is 8.77. The third kappa shape index (κ3) is 4.55. The highest BCUT2D eigenvalue weighted by atomic mass is 19.1. The molecule has 4 rings (SSSR count). The molecule has 1 spiro atoms. The number of carbonyl (C=O) groups is 2. The Hall–Kier alpha value is -2.74. The van der Waals surface area contributed by atoms with E-state index in [1.165, 1.54) is 18.2 Å². The maximum atomic E-state index is 13.3. The van der Waals surface area contributed by atoms with Crippen LogP contribution in [0, 0.1) is 18.2 Å². The van der Waals surface area contributed by atoms with Crippen molar-refractivity contribution in [2.75, 3.05) is 26.4 Å². The van der Waals surface area contributed by atoms with Gasteiger partial charge in [-0.2, -0.15) is 5.10 Å². The SMILES string of the molecule is CCc1nn(CCCOC(=O)c2ccc(F)cc2C)c2c1C(=O)NCC1(CCOCC1)C2. The molecule has 1 aromatic carbocycles. The van der Waals surface area contributed by atoms with Crippen LogP contribution in [0.4, 0.5) is 4.39 Å². The lowest BCUT2D eigenvalue weighted by Gasteiger charge is -2.36. The summed E-state index contributed by atoms with van der Waals surface area (Å²) < 4.78 is 26.2. The summed E-state index contributed by atoms with van der Waals surface area (Å²) in [6.07, 6.45) is 3.85. The Kier molecular flexibility index (Phi) is 6.60. The van der Waals surface area contributed by atoms with Crippen LogP contribution in [0.5, 0.6) is 0 Å². The quantitative estimate of drug-likeness (QED) is 0.548. The Morgan fingerprint density at radius 2 is 2.12 bits per heavy atom. The van der Waals surface area contributed by atoms with Crippen LogP contribution in [-0.2, 0) is 28.9 Å². The van der Waals surface area contributed by atoms with Crippen molar-refractivity contribution in [2.45, 2.75) is 52.5 Å². The number of nitrogens with one attached hydrogen (secondary N) is 1.